The van der Waals surface area contributed by atoms with Crippen molar-refractivity contribution in [3.05, 3.63) is 48.5 Å². The number of nitrogens with one attached hydrogen (secondary N) is 2. The molecule has 2 unspecified atom stereocenters. The molecule has 2 atom stereocenters. The standard InChI is InChI=1S/C24H21FN8O/c1-27-18-6-13(25)5-15-19-21(30-20(15)18)31-23(32-22(19)33-10-12-8-24(12,26)11-33)34-14-7-17-16(29-9-14)3-2-4-28-17/h2-7,9,12,27H,8,10-11,26H2,1H3,(H,30,31,32). The van der Waals surface area contributed by atoms with Gasteiger partial charge in [0, 0.05) is 43.3 Å². The van der Waals surface area contributed by atoms with Gasteiger partial charge in [0.2, 0.25) is 0 Å². The normalized spacial score (nSPS) is 21.4. The zero-order valence-electron chi connectivity index (χ0n) is 18.3. The number of rotatable bonds is 4. The Hall–Kier alpha value is -4.05. The van der Waals surface area contributed by atoms with Crippen LogP contribution in [0.1, 0.15) is 6.42 Å². The third-order valence-electron chi connectivity index (χ3n) is 6.89. The summed E-state index contributed by atoms with van der Waals surface area (Å²) in [5, 5.41) is 4.52. The lowest BCUT2D eigenvalue weighted by Gasteiger charge is -2.21. The third-order valence-corrected chi connectivity index (χ3v) is 6.89. The van der Waals surface area contributed by atoms with Crippen LogP contribution < -0.4 is 20.7 Å². The zero-order valence-corrected chi connectivity index (χ0v) is 18.3. The minimum Gasteiger partial charge on any atom is -0.422 e. The van der Waals surface area contributed by atoms with E-state index >= 15 is 0 Å². The first-order valence-electron chi connectivity index (χ1n) is 11.1. The fraction of sp³-hybridized carbons (Fsp3) is 0.250. The SMILES string of the molecule is CNc1cc(F)cc2c1[nH]c1nc(Oc3cnc4cccnc4c3)nc(N3CC4CC4(N)C3)c12. The van der Waals surface area contributed by atoms with Gasteiger partial charge in [0.05, 0.1) is 33.8 Å². The van der Waals surface area contributed by atoms with Crippen molar-refractivity contribution in [2.75, 3.05) is 30.4 Å². The van der Waals surface area contributed by atoms with Crippen molar-refractivity contribution >= 4 is 44.5 Å². The highest BCUT2D eigenvalue weighted by Gasteiger charge is 2.57. The summed E-state index contributed by atoms with van der Waals surface area (Å²) in [6.45, 7) is 1.48. The number of benzene rings is 1. The lowest BCUT2D eigenvalue weighted by atomic mass is 10.1. The first-order valence-corrected chi connectivity index (χ1v) is 11.1. The number of aromatic nitrogens is 5. The molecule has 10 heteroatoms. The Morgan fingerprint density at radius 1 is 1.24 bits per heavy atom. The molecule has 4 aromatic heterocycles. The first-order chi connectivity index (χ1) is 16.5. The van der Waals surface area contributed by atoms with Gasteiger partial charge >= 0.3 is 6.01 Å². The van der Waals surface area contributed by atoms with Crippen LogP contribution in [0.15, 0.2) is 42.7 Å². The summed E-state index contributed by atoms with van der Waals surface area (Å²) in [4.78, 5) is 23.6. The van der Waals surface area contributed by atoms with E-state index < -0.39 is 0 Å². The number of hydrogen-bond donors (Lipinski definition) is 3. The molecule has 0 spiro atoms. The fourth-order valence-corrected chi connectivity index (χ4v) is 5.08. The third kappa shape index (κ3) is 2.88. The average Bonchev–Trinajstić information content (AvgIpc) is 3.15. The van der Waals surface area contributed by atoms with Crippen LogP contribution in [-0.2, 0) is 0 Å². The second-order valence-corrected chi connectivity index (χ2v) is 9.13. The Morgan fingerprint density at radius 3 is 2.97 bits per heavy atom. The van der Waals surface area contributed by atoms with Gasteiger partial charge in [0.15, 0.2) is 5.75 Å². The van der Waals surface area contributed by atoms with E-state index in [1.807, 2.05) is 12.1 Å². The predicted molar refractivity (Wildman–Crippen MR) is 128 cm³/mol. The summed E-state index contributed by atoms with van der Waals surface area (Å²) >= 11 is 0. The Balaban J connectivity index is 1.40. The molecular weight excluding hydrogens is 435 g/mol. The molecule has 1 aliphatic carbocycles. The van der Waals surface area contributed by atoms with E-state index in [-0.39, 0.29) is 17.4 Å². The van der Waals surface area contributed by atoms with Gasteiger partial charge in [-0.2, -0.15) is 9.97 Å². The molecule has 1 aromatic carbocycles. The van der Waals surface area contributed by atoms with Crippen LogP contribution >= 0.6 is 0 Å². The number of hydrogen-bond acceptors (Lipinski definition) is 8. The minimum absolute atomic E-state index is 0.171. The van der Waals surface area contributed by atoms with E-state index in [9.17, 15) is 4.39 Å². The van der Waals surface area contributed by atoms with Crippen LogP contribution in [0.3, 0.4) is 0 Å². The van der Waals surface area contributed by atoms with Crippen LogP contribution in [0.2, 0.25) is 0 Å². The van der Waals surface area contributed by atoms with E-state index in [2.05, 4.69) is 30.2 Å². The molecule has 34 heavy (non-hydrogen) atoms. The second kappa shape index (κ2) is 6.73. The van der Waals surface area contributed by atoms with Crippen molar-refractivity contribution in [2.45, 2.75) is 12.0 Å². The molecule has 5 aromatic rings. The quantitative estimate of drug-likeness (QED) is 0.376. The Kier molecular flexibility index (Phi) is 3.85. The maximum atomic E-state index is 14.5. The summed E-state index contributed by atoms with van der Waals surface area (Å²) in [7, 11) is 1.76. The van der Waals surface area contributed by atoms with E-state index in [0.29, 0.717) is 46.3 Å². The lowest BCUT2D eigenvalue weighted by Crippen LogP contribution is -2.33. The van der Waals surface area contributed by atoms with Gasteiger partial charge in [0.1, 0.15) is 17.3 Å². The first kappa shape index (κ1) is 19.4. The van der Waals surface area contributed by atoms with Crippen molar-refractivity contribution in [2.24, 2.45) is 11.7 Å². The van der Waals surface area contributed by atoms with Crippen LogP contribution in [0, 0.1) is 11.7 Å². The number of nitrogens with zero attached hydrogens (tertiary/aromatic N) is 5. The average molecular weight is 456 g/mol. The molecule has 1 aliphatic heterocycles. The molecule has 0 radical (unpaired) electrons. The van der Waals surface area contributed by atoms with Crippen molar-refractivity contribution in [1.82, 2.24) is 24.9 Å². The molecule has 0 amide bonds. The topological polar surface area (TPSA) is 118 Å². The van der Waals surface area contributed by atoms with Crippen molar-refractivity contribution in [3.8, 4) is 11.8 Å². The number of ether oxygens (including phenoxy) is 1. The molecule has 7 rings (SSSR count). The van der Waals surface area contributed by atoms with Gasteiger partial charge in [-0.25, -0.2) is 4.39 Å². The number of pyridine rings is 2. The van der Waals surface area contributed by atoms with Gasteiger partial charge in [0.25, 0.3) is 0 Å². The summed E-state index contributed by atoms with van der Waals surface area (Å²) in [5.41, 5.74) is 9.76. The Morgan fingerprint density at radius 2 is 2.15 bits per heavy atom. The van der Waals surface area contributed by atoms with Crippen LogP contribution in [0.25, 0.3) is 33.0 Å². The van der Waals surface area contributed by atoms with E-state index in [1.165, 1.54) is 12.1 Å². The summed E-state index contributed by atoms with van der Waals surface area (Å²) in [6.07, 6.45) is 4.35. The smallest absolute Gasteiger partial charge is 0.326 e. The van der Waals surface area contributed by atoms with Crippen LogP contribution in [-0.4, -0.2) is 50.6 Å². The van der Waals surface area contributed by atoms with E-state index in [1.54, 1.807) is 25.5 Å². The molecule has 2 fully saturated rings. The van der Waals surface area contributed by atoms with Crippen molar-refractivity contribution in [1.29, 1.82) is 0 Å². The van der Waals surface area contributed by atoms with Crippen LogP contribution in [0.4, 0.5) is 15.9 Å². The maximum absolute atomic E-state index is 14.5. The number of halogens is 1. The monoisotopic (exact) mass is 456 g/mol. The number of anilines is 2. The molecule has 4 N–H and O–H groups in total. The molecule has 1 saturated carbocycles. The summed E-state index contributed by atoms with van der Waals surface area (Å²) in [5.74, 6) is 1.27. The molecule has 170 valence electrons. The molecule has 1 saturated heterocycles. The number of nitrogens with two attached hydrogens (primary N) is 1. The molecular formula is C24H21FN8O. The van der Waals surface area contributed by atoms with Gasteiger partial charge in [-0.05, 0) is 36.6 Å². The fourth-order valence-electron chi connectivity index (χ4n) is 5.08. The van der Waals surface area contributed by atoms with Crippen molar-refractivity contribution in [3.63, 3.8) is 0 Å². The number of piperidine rings is 1. The van der Waals surface area contributed by atoms with Crippen molar-refractivity contribution < 1.29 is 9.13 Å². The number of aromatic amines is 1. The Bertz CT molecular complexity index is 1620. The lowest BCUT2D eigenvalue weighted by molar-refractivity contribution is 0.442. The highest BCUT2D eigenvalue weighted by atomic mass is 19.1. The maximum Gasteiger partial charge on any atom is 0.326 e. The van der Waals surface area contributed by atoms with Gasteiger partial charge < -0.3 is 25.7 Å². The zero-order chi connectivity index (χ0) is 23.0. The predicted octanol–water partition coefficient (Wildman–Crippen LogP) is 3.56. The highest BCUT2D eigenvalue weighted by molar-refractivity contribution is 6.14. The molecule has 2 aliphatic rings. The molecule has 9 nitrogen and oxygen atoms in total. The number of H-pyrrole nitrogens is 1. The molecule has 0 bridgehead atoms. The molecule has 5 heterocycles. The van der Waals surface area contributed by atoms with Gasteiger partial charge in [-0.3, -0.25) is 9.97 Å². The second-order valence-electron chi connectivity index (χ2n) is 9.13. The van der Waals surface area contributed by atoms with E-state index in [4.69, 9.17) is 15.5 Å². The van der Waals surface area contributed by atoms with Gasteiger partial charge in [-0.1, -0.05) is 0 Å². The number of fused-ring (bicyclic) bond motifs is 5. The summed E-state index contributed by atoms with van der Waals surface area (Å²) < 4.78 is 20.5. The minimum atomic E-state index is -0.335. The van der Waals surface area contributed by atoms with E-state index in [0.717, 1.165) is 29.4 Å². The highest BCUT2D eigenvalue weighted by Crippen LogP contribution is 2.49. The Labute approximate surface area is 193 Å². The summed E-state index contributed by atoms with van der Waals surface area (Å²) in [6, 6.07) is 8.66. The van der Waals surface area contributed by atoms with Gasteiger partial charge in [-0.15, -0.1) is 0 Å². The largest absolute Gasteiger partial charge is 0.422 e. The van der Waals surface area contributed by atoms with Crippen LogP contribution in [0.5, 0.6) is 11.8 Å².